The highest BCUT2D eigenvalue weighted by Gasteiger charge is 2.18. The molecule has 0 aliphatic carbocycles. The van der Waals surface area contributed by atoms with Gasteiger partial charge in [-0.2, -0.15) is 0 Å². The number of nitro benzene ring substituents is 1. The fraction of sp³-hybridized carbons (Fsp3) is 0. The van der Waals surface area contributed by atoms with Crippen molar-refractivity contribution in [1.29, 1.82) is 0 Å². The molecule has 3 aromatic carbocycles. The lowest BCUT2D eigenvalue weighted by atomic mass is 10.1. The quantitative estimate of drug-likeness (QED) is 0.175. The average molecular weight is 413 g/mol. The molecule has 1 aromatic heterocycles. The largest absolute Gasteiger partial charge is 0.298 e. The van der Waals surface area contributed by atoms with Crippen LogP contribution in [0.1, 0.15) is 10.4 Å². The van der Waals surface area contributed by atoms with Gasteiger partial charge in [0, 0.05) is 22.8 Å². The molecule has 0 fully saturated rings. The summed E-state index contributed by atoms with van der Waals surface area (Å²) in [6.07, 6.45) is 0.585. The van der Waals surface area contributed by atoms with E-state index in [0.717, 1.165) is 34.3 Å². The van der Waals surface area contributed by atoms with Gasteiger partial charge in [0.2, 0.25) is 0 Å². The number of nitrogens with zero attached hydrogens (tertiary/aromatic N) is 3. The Morgan fingerprint density at radius 3 is 1.87 bits per heavy atom. The maximum absolute atomic E-state index is 11.5. The van der Waals surface area contributed by atoms with E-state index in [9.17, 15) is 14.9 Å². The number of benzene rings is 3. The molecule has 146 valence electrons. The molecule has 0 atom stereocenters. The van der Waals surface area contributed by atoms with Crippen molar-refractivity contribution in [3.05, 3.63) is 101 Å². The van der Waals surface area contributed by atoms with Crippen LogP contribution >= 0.6 is 11.8 Å². The zero-order valence-corrected chi connectivity index (χ0v) is 16.5. The molecule has 0 spiro atoms. The second kappa shape index (κ2) is 8.67. The summed E-state index contributed by atoms with van der Waals surface area (Å²) in [6.45, 7) is 0. The van der Waals surface area contributed by atoms with E-state index >= 15 is 0 Å². The fourth-order valence-electron chi connectivity index (χ4n) is 2.92. The molecular formula is C23H15N3O3S. The summed E-state index contributed by atoms with van der Waals surface area (Å²) < 4.78 is 0. The SMILES string of the molecule is O=Cc1ccc(Sc2nc(-c3ccccc3)cc(-c3ccccc3)n2)c([N+](=O)[O-])c1. The maximum Gasteiger partial charge on any atom is 0.284 e. The Morgan fingerprint density at radius 1 is 0.800 bits per heavy atom. The molecule has 4 aromatic rings. The van der Waals surface area contributed by atoms with Crippen LogP contribution < -0.4 is 0 Å². The van der Waals surface area contributed by atoms with Crippen molar-refractivity contribution in [3.63, 3.8) is 0 Å². The summed E-state index contributed by atoms with van der Waals surface area (Å²) in [5.74, 6) is 0. The third-order valence-corrected chi connectivity index (χ3v) is 5.29. The minimum Gasteiger partial charge on any atom is -0.298 e. The van der Waals surface area contributed by atoms with Gasteiger partial charge in [-0.05, 0) is 23.9 Å². The van der Waals surface area contributed by atoms with E-state index in [0.29, 0.717) is 16.3 Å². The summed E-state index contributed by atoms with van der Waals surface area (Å²) in [4.78, 5) is 31.6. The van der Waals surface area contributed by atoms with Crippen molar-refractivity contribution >= 4 is 23.7 Å². The highest BCUT2D eigenvalue weighted by molar-refractivity contribution is 7.99. The molecule has 0 N–H and O–H groups in total. The lowest BCUT2D eigenvalue weighted by Gasteiger charge is -2.09. The van der Waals surface area contributed by atoms with Gasteiger partial charge in [-0.1, -0.05) is 66.7 Å². The van der Waals surface area contributed by atoms with E-state index in [1.165, 1.54) is 6.07 Å². The van der Waals surface area contributed by atoms with Crippen LogP contribution in [0.2, 0.25) is 0 Å². The first-order valence-electron chi connectivity index (χ1n) is 9.05. The van der Waals surface area contributed by atoms with Crippen molar-refractivity contribution in [2.45, 2.75) is 10.1 Å². The van der Waals surface area contributed by atoms with Crippen LogP contribution in [-0.4, -0.2) is 21.2 Å². The van der Waals surface area contributed by atoms with E-state index in [2.05, 4.69) is 9.97 Å². The van der Waals surface area contributed by atoms with Gasteiger partial charge < -0.3 is 0 Å². The number of aldehydes is 1. The highest BCUT2D eigenvalue weighted by atomic mass is 32.2. The molecule has 0 saturated heterocycles. The van der Waals surface area contributed by atoms with Gasteiger partial charge in [0.1, 0.15) is 6.29 Å². The Balaban J connectivity index is 1.82. The summed E-state index contributed by atoms with van der Waals surface area (Å²) in [5, 5.41) is 11.9. The summed E-state index contributed by atoms with van der Waals surface area (Å²) in [5.41, 5.74) is 3.38. The number of hydrogen-bond donors (Lipinski definition) is 0. The van der Waals surface area contributed by atoms with Gasteiger partial charge in [0.05, 0.1) is 21.2 Å². The Bertz CT molecular complexity index is 1160. The summed E-state index contributed by atoms with van der Waals surface area (Å²) >= 11 is 1.10. The standard InChI is InChI=1S/C23H15N3O3S/c27-15-16-11-12-22(21(13-16)26(28)29)30-23-24-19(17-7-3-1-4-8-17)14-20(25-23)18-9-5-2-6-10-18/h1-15H. The van der Waals surface area contributed by atoms with E-state index < -0.39 is 4.92 Å². The van der Waals surface area contributed by atoms with Crippen molar-refractivity contribution in [1.82, 2.24) is 9.97 Å². The van der Waals surface area contributed by atoms with Gasteiger partial charge in [-0.15, -0.1) is 0 Å². The number of aromatic nitrogens is 2. The van der Waals surface area contributed by atoms with Gasteiger partial charge >= 0.3 is 0 Å². The van der Waals surface area contributed by atoms with E-state index in [-0.39, 0.29) is 11.3 Å². The predicted molar refractivity (Wildman–Crippen MR) is 116 cm³/mol. The Labute approximate surface area is 176 Å². The zero-order chi connectivity index (χ0) is 20.9. The van der Waals surface area contributed by atoms with Gasteiger partial charge in [-0.3, -0.25) is 14.9 Å². The smallest absolute Gasteiger partial charge is 0.284 e. The molecule has 0 unspecified atom stereocenters. The number of hydrogen-bond acceptors (Lipinski definition) is 6. The maximum atomic E-state index is 11.5. The first-order valence-corrected chi connectivity index (χ1v) is 9.87. The van der Waals surface area contributed by atoms with Crippen LogP contribution in [0, 0.1) is 10.1 Å². The highest BCUT2D eigenvalue weighted by Crippen LogP contribution is 2.35. The molecule has 0 amide bonds. The van der Waals surface area contributed by atoms with Gasteiger partial charge in [0.15, 0.2) is 5.16 Å². The normalized spacial score (nSPS) is 10.5. The fourth-order valence-corrected chi connectivity index (χ4v) is 3.78. The summed E-state index contributed by atoms with van der Waals surface area (Å²) in [6, 6.07) is 25.6. The van der Waals surface area contributed by atoms with Crippen molar-refractivity contribution in [2.24, 2.45) is 0 Å². The Morgan fingerprint density at radius 2 is 1.37 bits per heavy atom. The third kappa shape index (κ3) is 4.26. The van der Waals surface area contributed by atoms with Crippen LogP contribution in [0.4, 0.5) is 5.69 Å². The molecule has 0 bridgehead atoms. The van der Waals surface area contributed by atoms with Crippen molar-refractivity contribution < 1.29 is 9.72 Å². The van der Waals surface area contributed by atoms with Crippen LogP contribution in [0.3, 0.4) is 0 Å². The second-order valence-corrected chi connectivity index (χ2v) is 7.37. The summed E-state index contributed by atoms with van der Waals surface area (Å²) in [7, 11) is 0. The lowest BCUT2D eigenvalue weighted by Crippen LogP contribution is -1.97. The monoisotopic (exact) mass is 413 g/mol. The molecule has 30 heavy (non-hydrogen) atoms. The zero-order valence-electron chi connectivity index (χ0n) is 15.6. The average Bonchev–Trinajstić information content (AvgIpc) is 2.80. The minimum absolute atomic E-state index is 0.153. The molecule has 4 rings (SSSR count). The van der Waals surface area contributed by atoms with Gasteiger partial charge in [0.25, 0.3) is 5.69 Å². The number of nitro groups is 1. The number of carbonyl (C=O) groups is 1. The molecule has 6 nitrogen and oxygen atoms in total. The van der Waals surface area contributed by atoms with Crippen LogP contribution in [0.15, 0.2) is 95.0 Å². The topological polar surface area (TPSA) is 86.0 Å². The van der Waals surface area contributed by atoms with Gasteiger partial charge in [-0.25, -0.2) is 9.97 Å². The molecule has 7 heteroatoms. The Kier molecular flexibility index (Phi) is 5.63. The molecule has 0 radical (unpaired) electrons. The first kappa shape index (κ1) is 19.5. The Hall–Kier alpha value is -3.84. The first-order chi connectivity index (χ1) is 14.6. The van der Waals surface area contributed by atoms with E-state index in [1.807, 2.05) is 66.7 Å². The van der Waals surface area contributed by atoms with E-state index in [4.69, 9.17) is 0 Å². The third-order valence-electron chi connectivity index (χ3n) is 4.36. The van der Waals surface area contributed by atoms with Crippen LogP contribution in [0.5, 0.6) is 0 Å². The second-order valence-electron chi connectivity index (χ2n) is 6.36. The predicted octanol–water partition coefficient (Wildman–Crippen LogP) is 5.68. The van der Waals surface area contributed by atoms with Crippen molar-refractivity contribution in [3.8, 4) is 22.5 Å². The van der Waals surface area contributed by atoms with Crippen LogP contribution in [0.25, 0.3) is 22.5 Å². The lowest BCUT2D eigenvalue weighted by molar-refractivity contribution is -0.387. The molecule has 0 saturated carbocycles. The minimum atomic E-state index is -0.505. The van der Waals surface area contributed by atoms with Crippen molar-refractivity contribution in [2.75, 3.05) is 0 Å². The molecule has 0 aliphatic heterocycles. The molecular weight excluding hydrogens is 398 g/mol. The number of carbonyl (C=O) groups excluding carboxylic acids is 1. The molecule has 0 aliphatic rings. The van der Waals surface area contributed by atoms with Crippen LogP contribution in [-0.2, 0) is 0 Å². The van der Waals surface area contributed by atoms with E-state index in [1.54, 1.807) is 12.1 Å². The number of rotatable bonds is 6. The molecule has 1 heterocycles.